The normalized spacial score (nSPS) is 23.2. The third-order valence-electron chi connectivity index (χ3n) is 3.41. The SMILES string of the molecule is Cc1ccccc1NC(=O)C[C@@H]1SC(=NC2CC2)NC1=O. The Labute approximate surface area is 127 Å². The number of nitrogens with zero attached hydrogens (tertiary/aromatic N) is 1. The lowest BCUT2D eigenvalue weighted by atomic mass is 10.2. The third kappa shape index (κ3) is 3.64. The number of carbonyl (C=O) groups excluding carboxylic acids is 2. The average molecular weight is 303 g/mol. The van der Waals surface area contributed by atoms with Gasteiger partial charge in [0.05, 0.1) is 6.04 Å². The number of amides is 2. The first-order chi connectivity index (χ1) is 10.1. The van der Waals surface area contributed by atoms with Gasteiger partial charge in [0.1, 0.15) is 5.25 Å². The van der Waals surface area contributed by atoms with Crippen molar-refractivity contribution in [2.24, 2.45) is 4.99 Å². The summed E-state index contributed by atoms with van der Waals surface area (Å²) in [7, 11) is 0. The molecular formula is C15H17N3O2S. The molecule has 1 saturated heterocycles. The number of nitrogens with one attached hydrogen (secondary N) is 2. The van der Waals surface area contributed by atoms with E-state index in [1.807, 2.05) is 31.2 Å². The molecule has 1 aliphatic heterocycles. The van der Waals surface area contributed by atoms with Crippen LogP contribution in [-0.2, 0) is 9.59 Å². The second-order valence-electron chi connectivity index (χ2n) is 5.33. The van der Waals surface area contributed by atoms with Crippen molar-refractivity contribution in [3.05, 3.63) is 29.8 Å². The summed E-state index contributed by atoms with van der Waals surface area (Å²) in [5, 5.41) is 5.88. The van der Waals surface area contributed by atoms with Gasteiger partial charge in [-0.2, -0.15) is 0 Å². The second kappa shape index (κ2) is 5.89. The van der Waals surface area contributed by atoms with E-state index in [1.165, 1.54) is 11.8 Å². The molecule has 1 saturated carbocycles. The van der Waals surface area contributed by atoms with Crippen LogP contribution in [0.5, 0.6) is 0 Å². The summed E-state index contributed by atoms with van der Waals surface area (Å²) < 4.78 is 0. The fourth-order valence-electron chi connectivity index (χ4n) is 2.05. The van der Waals surface area contributed by atoms with Gasteiger partial charge in [0.15, 0.2) is 5.17 Å². The van der Waals surface area contributed by atoms with Crippen LogP contribution >= 0.6 is 11.8 Å². The van der Waals surface area contributed by atoms with Gasteiger partial charge in [-0.05, 0) is 31.4 Å². The zero-order valence-corrected chi connectivity index (χ0v) is 12.6. The molecule has 110 valence electrons. The highest BCUT2D eigenvalue weighted by atomic mass is 32.2. The Morgan fingerprint density at radius 1 is 1.43 bits per heavy atom. The number of hydrogen-bond acceptors (Lipinski definition) is 4. The van der Waals surface area contributed by atoms with E-state index in [9.17, 15) is 9.59 Å². The summed E-state index contributed by atoms with van der Waals surface area (Å²) in [5.74, 6) is -0.274. The predicted octanol–water partition coefficient (Wildman–Crippen LogP) is 2.07. The molecule has 1 heterocycles. The van der Waals surface area contributed by atoms with E-state index in [0.717, 1.165) is 24.1 Å². The fourth-order valence-corrected chi connectivity index (χ4v) is 3.09. The second-order valence-corrected chi connectivity index (χ2v) is 6.52. The minimum atomic E-state index is -0.383. The predicted molar refractivity (Wildman–Crippen MR) is 84.4 cm³/mol. The van der Waals surface area contributed by atoms with Gasteiger partial charge in [-0.25, -0.2) is 0 Å². The van der Waals surface area contributed by atoms with Crippen LogP contribution in [0.25, 0.3) is 0 Å². The molecule has 21 heavy (non-hydrogen) atoms. The van der Waals surface area contributed by atoms with Crippen LogP contribution in [0.15, 0.2) is 29.3 Å². The van der Waals surface area contributed by atoms with Crippen molar-refractivity contribution in [1.29, 1.82) is 0 Å². The van der Waals surface area contributed by atoms with Gasteiger partial charge in [0.25, 0.3) is 0 Å². The van der Waals surface area contributed by atoms with E-state index in [1.54, 1.807) is 0 Å². The summed E-state index contributed by atoms with van der Waals surface area (Å²) in [4.78, 5) is 28.3. The number of hydrogen-bond donors (Lipinski definition) is 2. The minimum absolute atomic E-state index is 0.126. The van der Waals surface area contributed by atoms with E-state index in [-0.39, 0.29) is 23.5 Å². The lowest BCUT2D eigenvalue weighted by Crippen LogP contribution is -2.28. The Morgan fingerprint density at radius 3 is 2.90 bits per heavy atom. The maximum Gasteiger partial charge on any atom is 0.240 e. The largest absolute Gasteiger partial charge is 0.326 e. The Kier molecular flexibility index (Phi) is 3.96. The van der Waals surface area contributed by atoms with Gasteiger partial charge in [0.2, 0.25) is 11.8 Å². The highest BCUT2D eigenvalue weighted by Crippen LogP contribution is 2.29. The van der Waals surface area contributed by atoms with Crippen LogP contribution < -0.4 is 10.6 Å². The Balaban J connectivity index is 1.57. The molecule has 2 N–H and O–H groups in total. The van der Waals surface area contributed by atoms with Crippen molar-refractivity contribution < 1.29 is 9.59 Å². The quantitative estimate of drug-likeness (QED) is 0.894. The van der Waals surface area contributed by atoms with Crippen LogP contribution in [0.4, 0.5) is 5.69 Å². The molecule has 1 aromatic carbocycles. The summed E-state index contributed by atoms with van der Waals surface area (Å²) in [6, 6.07) is 7.96. The first kappa shape index (κ1) is 14.1. The van der Waals surface area contributed by atoms with Crippen LogP contribution in [-0.4, -0.2) is 28.3 Å². The van der Waals surface area contributed by atoms with E-state index in [0.29, 0.717) is 11.2 Å². The summed E-state index contributed by atoms with van der Waals surface area (Å²) in [5.41, 5.74) is 1.79. The zero-order valence-electron chi connectivity index (χ0n) is 11.8. The molecule has 1 aliphatic carbocycles. The zero-order chi connectivity index (χ0) is 14.8. The van der Waals surface area contributed by atoms with Gasteiger partial charge < -0.3 is 10.6 Å². The lowest BCUT2D eigenvalue weighted by molar-refractivity contribution is -0.122. The number of benzene rings is 1. The van der Waals surface area contributed by atoms with Crippen molar-refractivity contribution in [1.82, 2.24) is 5.32 Å². The molecule has 0 aromatic heterocycles. The molecule has 1 aromatic rings. The van der Waals surface area contributed by atoms with Crippen LogP contribution in [0, 0.1) is 6.92 Å². The number of para-hydroxylation sites is 1. The monoisotopic (exact) mass is 303 g/mol. The Morgan fingerprint density at radius 2 is 2.19 bits per heavy atom. The Bertz CT molecular complexity index is 611. The van der Waals surface area contributed by atoms with Gasteiger partial charge >= 0.3 is 0 Å². The average Bonchev–Trinajstić information content (AvgIpc) is 3.18. The third-order valence-corrected chi connectivity index (χ3v) is 4.51. The number of carbonyl (C=O) groups is 2. The number of rotatable bonds is 4. The van der Waals surface area contributed by atoms with E-state index in [4.69, 9.17) is 0 Å². The van der Waals surface area contributed by atoms with Crippen molar-refractivity contribution >= 4 is 34.4 Å². The van der Waals surface area contributed by atoms with Gasteiger partial charge in [-0.1, -0.05) is 30.0 Å². The molecule has 3 rings (SSSR count). The molecule has 5 nitrogen and oxygen atoms in total. The molecule has 0 radical (unpaired) electrons. The van der Waals surface area contributed by atoms with Crippen molar-refractivity contribution in [3.8, 4) is 0 Å². The van der Waals surface area contributed by atoms with Crippen LogP contribution in [0.2, 0.25) is 0 Å². The molecular weight excluding hydrogens is 286 g/mol. The first-order valence-corrected chi connectivity index (χ1v) is 7.90. The summed E-state index contributed by atoms with van der Waals surface area (Å²) in [6.07, 6.45) is 2.35. The van der Waals surface area contributed by atoms with Crippen molar-refractivity contribution in [2.75, 3.05) is 5.32 Å². The molecule has 2 amide bonds. The van der Waals surface area contributed by atoms with Gasteiger partial charge in [-0.15, -0.1) is 0 Å². The standard InChI is InChI=1S/C15H17N3O2S/c1-9-4-2-3-5-11(9)17-13(19)8-12-14(20)18-15(21-12)16-10-6-7-10/h2-5,10,12H,6-8H2,1H3,(H,17,19)(H,16,18,20)/t12-/m0/s1. The van der Waals surface area contributed by atoms with Crippen molar-refractivity contribution in [3.63, 3.8) is 0 Å². The molecule has 2 fully saturated rings. The number of aliphatic imine (C=N–C) groups is 1. The minimum Gasteiger partial charge on any atom is -0.326 e. The van der Waals surface area contributed by atoms with E-state index < -0.39 is 0 Å². The molecule has 2 aliphatic rings. The van der Waals surface area contributed by atoms with Crippen LogP contribution in [0.1, 0.15) is 24.8 Å². The van der Waals surface area contributed by atoms with E-state index in [2.05, 4.69) is 15.6 Å². The number of thioether (sulfide) groups is 1. The summed E-state index contributed by atoms with van der Waals surface area (Å²) in [6.45, 7) is 1.94. The molecule has 0 spiro atoms. The molecule has 6 heteroatoms. The highest BCUT2D eigenvalue weighted by molar-refractivity contribution is 8.15. The van der Waals surface area contributed by atoms with Gasteiger partial charge in [0, 0.05) is 12.1 Å². The smallest absolute Gasteiger partial charge is 0.240 e. The van der Waals surface area contributed by atoms with Crippen LogP contribution in [0.3, 0.4) is 0 Å². The lowest BCUT2D eigenvalue weighted by Gasteiger charge is -2.09. The highest BCUT2D eigenvalue weighted by Gasteiger charge is 2.33. The van der Waals surface area contributed by atoms with Crippen molar-refractivity contribution in [2.45, 2.75) is 37.5 Å². The van der Waals surface area contributed by atoms with Gasteiger partial charge in [-0.3, -0.25) is 14.6 Å². The number of aryl methyl sites for hydroxylation is 1. The summed E-state index contributed by atoms with van der Waals surface area (Å²) >= 11 is 1.36. The number of amidine groups is 1. The molecule has 0 unspecified atom stereocenters. The maximum atomic E-state index is 12.1. The topological polar surface area (TPSA) is 70.6 Å². The first-order valence-electron chi connectivity index (χ1n) is 7.02. The maximum absolute atomic E-state index is 12.1. The molecule has 0 bridgehead atoms. The number of anilines is 1. The molecule has 1 atom stereocenters. The Hall–Kier alpha value is -1.82. The van der Waals surface area contributed by atoms with E-state index >= 15 is 0 Å². The fraction of sp³-hybridized carbons (Fsp3) is 0.400.